The van der Waals surface area contributed by atoms with Crippen LogP contribution < -0.4 is 5.32 Å². The predicted molar refractivity (Wildman–Crippen MR) is 86.7 cm³/mol. The molecule has 0 bridgehead atoms. The lowest BCUT2D eigenvalue weighted by Crippen LogP contribution is -2.16. The molecular formula is C16H15ClN2S. The van der Waals surface area contributed by atoms with Crippen LogP contribution in [-0.2, 0) is 0 Å². The van der Waals surface area contributed by atoms with E-state index in [1.807, 2.05) is 26.1 Å². The molecule has 0 amide bonds. The third kappa shape index (κ3) is 2.57. The van der Waals surface area contributed by atoms with E-state index >= 15 is 0 Å². The van der Waals surface area contributed by atoms with Crippen molar-refractivity contribution in [2.75, 3.05) is 7.05 Å². The highest BCUT2D eigenvalue weighted by molar-refractivity contribution is 7.16. The van der Waals surface area contributed by atoms with Crippen molar-refractivity contribution in [3.05, 3.63) is 62.9 Å². The van der Waals surface area contributed by atoms with Crippen LogP contribution >= 0.6 is 22.9 Å². The molecular weight excluding hydrogens is 288 g/mol. The van der Waals surface area contributed by atoms with Gasteiger partial charge in [0.1, 0.15) is 0 Å². The molecule has 0 radical (unpaired) electrons. The van der Waals surface area contributed by atoms with Crippen molar-refractivity contribution >= 4 is 33.8 Å². The second kappa shape index (κ2) is 5.52. The minimum atomic E-state index is 0.165. The second-order valence-corrected chi connectivity index (χ2v) is 6.51. The van der Waals surface area contributed by atoms with Crippen LogP contribution in [0.1, 0.15) is 22.2 Å². The molecule has 3 aromatic rings. The summed E-state index contributed by atoms with van der Waals surface area (Å²) in [6, 6.07) is 14.7. The molecule has 4 heteroatoms. The fourth-order valence-corrected chi connectivity index (χ4v) is 3.58. The van der Waals surface area contributed by atoms with Gasteiger partial charge in [-0.2, -0.15) is 0 Å². The van der Waals surface area contributed by atoms with Crippen LogP contribution in [0.2, 0.25) is 4.34 Å². The Kier molecular flexibility index (Phi) is 3.74. The number of benzene rings is 1. The van der Waals surface area contributed by atoms with Crippen molar-refractivity contribution in [3.8, 4) is 0 Å². The number of aromatic nitrogens is 1. The number of hydrogen-bond acceptors (Lipinski definition) is 3. The fraction of sp³-hybridized carbons (Fsp3) is 0.188. The lowest BCUT2D eigenvalue weighted by Gasteiger charge is -2.15. The number of rotatable bonds is 3. The normalized spacial score (nSPS) is 12.8. The summed E-state index contributed by atoms with van der Waals surface area (Å²) in [5.41, 5.74) is 3.30. The lowest BCUT2D eigenvalue weighted by molar-refractivity contribution is 0.705. The molecule has 0 saturated heterocycles. The van der Waals surface area contributed by atoms with Crippen LogP contribution in [-0.4, -0.2) is 12.0 Å². The molecule has 0 aliphatic carbocycles. The van der Waals surface area contributed by atoms with Gasteiger partial charge in [0.15, 0.2) is 0 Å². The van der Waals surface area contributed by atoms with E-state index < -0.39 is 0 Å². The van der Waals surface area contributed by atoms with Gasteiger partial charge in [-0.25, -0.2) is 0 Å². The van der Waals surface area contributed by atoms with Crippen LogP contribution in [0, 0.1) is 6.92 Å². The highest BCUT2D eigenvalue weighted by atomic mass is 35.5. The largest absolute Gasteiger partial charge is 0.309 e. The molecule has 2 aromatic heterocycles. The van der Waals surface area contributed by atoms with E-state index in [-0.39, 0.29) is 6.04 Å². The molecule has 1 unspecified atom stereocenters. The third-order valence-corrected chi connectivity index (χ3v) is 4.65. The number of pyridine rings is 1. The Hall–Kier alpha value is -1.42. The number of halogens is 1. The molecule has 0 saturated carbocycles. The van der Waals surface area contributed by atoms with E-state index in [4.69, 9.17) is 11.6 Å². The van der Waals surface area contributed by atoms with Gasteiger partial charge < -0.3 is 5.32 Å². The smallest absolute Gasteiger partial charge is 0.0931 e. The van der Waals surface area contributed by atoms with E-state index in [0.717, 1.165) is 20.9 Å². The number of hydrogen-bond donors (Lipinski definition) is 1. The van der Waals surface area contributed by atoms with Crippen molar-refractivity contribution in [2.45, 2.75) is 13.0 Å². The standard InChI is InChI=1S/C16H15ClN2S/c1-10-3-4-11-9-12(5-6-13(11)19-10)16(18-2)14-7-8-15(17)20-14/h3-9,16,18H,1-2H3. The molecule has 0 spiro atoms. The zero-order valence-electron chi connectivity index (χ0n) is 11.4. The van der Waals surface area contributed by atoms with Gasteiger partial charge in [0.2, 0.25) is 0 Å². The first kappa shape index (κ1) is 13.6. The van der Waals surface area contributed by atoms with Crippen LogP contribution in [0.15, 0.2) is 42.5 Å². The van der Waals surface area contributed by atoms with Gasteiger partial charge in [0.25, 0.3) is 0 Å². The van der Waals surface area contributed by atoms with Gasteiger partial charge in [-0.3, -0.25) is 4.98 Å². The SMILES string of the molecule is CNC(c1ccc2nc(C)ccc2c1)c1ccc(Cl)s1. The Labute approximate surface area is 127 Å². The molecule has 1 aromatic carbocycles. The fourth-order valence-electron chi connectivity index (χ4n) is 2.38. The molecule has 1 atom stereocenters. The van der Waals surface area contributed by atoms with Crippen molar-refractivity contribution in [3.63, 3.8) is 0 Å². The highest BCUT2D eigenvalue weighted by Gasteiger charge is 2.14. The number of thiophene rings is 1. The average Bonchev–Trinajstić information content (AvgIpc) is 2.86. The molecule has 2 heterocycles. The molecule has 3 rings (SSSR count). The third-order valence-electron chi connectivity index (χ3n) is 3.35. The molecule has 0 fully saturated rings. The van der Waals surface area contributed by atoms with E-state index in [1.54, 1.807) is 11.3 Å². The maximum absolute atomic E-state index is 6.04. The summed E-state index contributed by atoms with van der Waals surface area (Å²) in [4.78, 5) is 5.76. The summed E-state index contributed by atoms with van der Waals surface area (Å²) in [5.74, 6) is 0. The Balaban J connectivity index is 2.05. The Bertz CT molecular complexity index is 751. The average molecular weight is 303 g/mol. The van der Waals surface area contributed by atoms with Gasteiger partial charge in [-0.1, -0.05) is 23.7 Å². The first-order valence-electron chi connectivity index (χ1n) is 6.47. The van der Waals surface area contributed by atoms with E-state index in [2.05, 4.69) is 40.6 Å². The molecule has 0 aliphatic rings. The van der Waals surface area contributed by atoms with Crippen LogP contribution in [0.4, 0.5) is 0 Å². The van der Waals surface area contributed by atoms with Gasteiger partial charge in [-0.15, -0.1) is 11.3 Å². The van der Waals surface area contributed by atoms with Crippen molar-refractivity contribution in [1.29, 1.82) is 0 Å². The van der Waals surface area contributed by atoms with Gasteiger partial charge in [0, 0.05) is 16.0 Å². The Morgan fingerprint density at radius 2 is 2.00 bits per heavy atom. The zero-order chi connectivity index (χ0) is 14.1. The second-order valence-electron chi connectivity index (χ2n) is 4.77. The summed E-state index contributed by atoms with van der Waals surface area (Å²) in [7, 11) is 1.97. The van der Waals surface area contributed by atoms with Crippen molar-refractivity contribution in [1.82, 2.24) is 10.3 Å². The molecule has 0 aliphatic heterocycles. The summed E-state index contributed by atoms with van der Waals surface area (Å²) in [6.07, 6.45) is 0. The molecule has 102 valence electrons. The van der Waals surface area contributed by atoms with Crippen molar-refractivity contribution < 1.29 is 0 Å². The van der Waals surface area contributed by atoms with E-state index in [1.165, 1.54) is 10.4 Å². The summed E-state index contributed by atoms with van der Waals surface area (Å²) >= 11 is 7.65. The number of fused-ring (bicyclic) bond motifs is 1. The van der Waals surface area contributed by atoms with Gasteiger partial charge in [0.05, 0.1) is 15.9 Å². The number of aryl methyl sites for hydroxylation is 1. The first-order chi connectivity index (χ1) is 9.67. The Morgan fingerprint density at radius 3 is 2.70 bits per heavy atom. The topological polar surface area (TPSA) is 24.9 Å². The minimum Gasteiger partial charge on any atom is -0.309 e. The molecule has 2 nitrogen and oxygen atoms in total. The van der Waals surface area contributed by atoms with Crippen LogP contribution in [0.3, 0.4) is 0 Å². The van der Waals surface area contributed by atoms with Crippen LogP contribution in [0.25, 0.3) is 10.9 Å². The van der Waals surface area contributed by atoms with Crippen molar-refractivity contribution in [2.24, 2.45) is 0 Å². The number of nitrogens with zero attached hydrogens (tertiary/aromatic N) is 1. The summed E-state index contributed by atoms with van der Waals surface area (Å²) < 4.78 is 0.818. The highest BCUT2D eigenvalue weighted by Crippen LogP contribution is 2.31. The van der Waals surface area contributed by atoms with Gasteiger partial charge in [-0.05, 0) is 49.9 Å². The van der Waals surface area contributed by atoms with Gasteiger partial charge >= 0.3 is 0 Å². The van der Waals surface area contributed by atoms with E-state index in [9.17, 15) is 0 Å². The van der Waals surface area contributed by atoms with Crippen LogP contribution in [0.5, 0.6) is 0 Å². The zero-order valence-corrected chi connectivity index (χ0v) is 12.9. The molecule has 1 N–H and O–H groups in total. The lowest BCUT2D eigenvalue weighted by atomic mass is 10.0. The van der Waals surface area contributed by atoms with E-state index in [0.29, 0.717) is 0 Å². The summed E-state index contributed by atoms with van der Waals surface area (Å²) in [5, 5.41) is 4.52. The quantitative estimate of drug-likeness (QED) is 0.767. The summed E-state index contributed by atoms with van der Waals surface area (Å²) in [6.45, 7) is 2.01. The Morgan fingerprint density at radius 1 is 1.15 bits per heavy atom. The molecule has 20 heavy (non-hydrogen) atoms. The number of nitrogens with one attached hydrogen (secondary N) is 1. The predicted octanol–water partition coefficient (Wildman–Crippen LogP) is 4.57. The maximum atomic E-state index is 6.04. The first-order valence-corrected chi connectivity index (χ1v) is 7.66. The minimum absolute atomic E-state index is 0.165. The monoisotopic (exact) mass is 302 g/mol. The maximum Gasteiger partial charge on any atom is 0.0931 e.